The number of rotatable bonds is 8. The van der Waals surface area contributed by atoms with Gasteiger partial charge in [0, 0.05) is 42.9 Å². The maximum absolute atomic E-state index is 12.2. The first kappa shape index (κ1) is 19.9. The number of ketones is 1. The number of nitrogens with zero attached hydrogens (tertiary/aromatic N) is 1. The lowest BCUT2D eigenvalue weighted by atomic mass is 10.1. The Hall–Kier alpha value is -2.82. The summed E-state index contributed by atoms with van der Waals surface area (Å²) < 4.78 is 5.09. The molecule has 148 valence electrons. The van der Waals surface area contributed by atoms with Crippen molar-refractivity contribution in [2.24, 2.45) is 0 Å². The van der Waals surface area contributed by atoms with Crippen LogP contribution < -0.4 is 15.0 Å². The average Bonchev–Trinajstić information content (AvgIpc) is 2.75. The molecular formula is C23H28N2O3. The molecule has 0 saturated carbocycles. The fraction of sp³-hybridized carbons (Fsp3) is 0.391. The zero-order chi connectivity index (χ0) is 19.8. The SMILES string of the molecule is COc1ccc(C(=O)CCCC(=O)Nc2ccc(N3CCCCC3)cc2)cc1. The lowest BCUT2D eigenvalue weighted by molar-refractivity contribution is -0.116. The van der Waals surface area contributed by atoms with Gasteiger partial charge in [0.05, 0.1) is 7.11 Å². The Bertz CT molecular complexity index is 778. The summed E-state index contributed by atoms with van der Waals surface area (Å²) in [6.07, 6.45) is 5.01. The van der Waals surface area contributed by atoms with E-state index in [1.165, 1.54) is 24.9 Å². The highest BCUT2D eigenvalue weighted by molar-refractivity contribution is 5.97. The van der Waals surface area contributed by atoms with E-state index in [0.29, 0.717) is 24.8 Å². The van der Waals surface area contributed by atoms with Gasteiger partial charge in [-0.2, -0.15) is 0 Å². The maximum atomic E-state index is 12.2. The van der Waals surface area contributed by atoms with Gasteiger partial charge < -0.3 is 15.0 Å². The summed E-state index contributed by atoms with van der Waals surface area (Å²) in [6.45, 7) is 2.21. The van der Waals surface area contributed by atoms with Gasteiger partial charge in [0.15, 0.2) is 5.78 Å². The van der Waals surface area contributed by atoms with Crippen molar-refractivity contribution < 1.29 is 14.3 Å². The van der Waals surface area contributed by atoms with Gasteiger partial charge in [-0.05, 0) is 74.2 Å². The minimum Gasteiger partial charge on any atom is -0.497 e. The van der Waals surface area contributed by atoms with Crippen LogP contribution in [0.15, 0.2) is 48.5 Å². The Morgan fingerprint density at radius 2 is 1.61 bits per heavy atom. The number of ether oxygens (including phenoxy) is 1. The molecule has 0 spiro atoms. The number of carbonyl (C=O) groups excluding carboxylic acids is 2. The normalized spacial score (nSPS) is 13.8. The molecule has 1 aliphatic rings. The summed E-state index contributed by atoms with van der Waals surface area (Å²) in [4.78, 5) is 26.7. The van der Waals surface area contributed by atoms with Crippen LogP contribution in [0.4, 0.5) is 11.4 Å². The fourth-order valence-corrected chi connectivity index (χ4v) is 3.46. The molecule has 5 nitrogen and oxygen atoms in total. The molecule has 1 saturated heterocycles. The molecule has 0 aliphatic carbocycles. The third-order valence-electron chi connectivity index (χ3n) is 5.09. The second-order valence-electron chi connectivity index (χ2n) is 7.15. The van der Waals surface area contributed by atoms with Crippen molar-refractivity contribution in [3.05, 3.63) is 54.1 Å². The average molecular weight is 380 g/mol. The highest BCUT2D eigenvalue weighted by atomic mass is 16.5. The summed E-state index contributed by atoms with van der Waals surface area (Å²) in [5, 5.41) is 2.92. The lowest BCUT2D eigenvalue weighted by Gasteiger charge is -2.28. The van der Waals surface area contributed by atoms with Gasteiger partial charge in [0.2, 0.25) is 5.91 Å². The van der Waals surface area contributed by atoms with Crippen LogP contribution in [-0.2, 0) is 4.79 Å². The number of anilines is 2. The van der Waals surface area contributed by atoms with Crippen LogP contribution in [0, 0.1) is 0 Å². The van der Waals surface area contributed by atoms with Crippen molar-refractivity contribution in [2.45, 2.75) is 38.5 Å². The Morgan fingerprint density at radius 3 is 2.25 bits per heavy atom. The van der Waals surface area contributed by atoms with Gasteiger partial charge in [-0.3, -0.25) is 9.59 Å². The number of Topliss-reactive ketones (excluding diaryl/α,β-unsaturated/α-hetero) is 1. The van der Waals surface area contributed by atoms with E-state index in [2.05, 4.69) is 22.3 Å². The molecule has 2 aromatic rings. The lowest BCUT2D eigenvalue weighted by Crippen LogP contribution is -2.29. The molecule has 0 unspecified atom stereocenters. The standard InChI is InChI=1S/C23H28N2O3/c1-28-21-14-8-18(9-15-21)22(26)6-5-7-23(27)24-19-10-12-20(13-11-19)25-16-3-2-4-17-25/h8-15H,2-7,16-17H2,1H3,(H,24,27). The molecule has 0 bridgehead atoms. The molecule has 1 aliphatic heterocycles. The molecule has 1 amide bonds. The molecule has 28 heavy (non-hydrogen) atoms. The van der Waals surface area contributed by atoms with Gasteiger partial charge in [0.25, 0.3) is 0 Å². The Labute approximate surface area is 166 Å². The molecule has 5 heteroatoms. The van der Waals surface area contributed by atoms with Crippen molar-refractivity contribution in [3.8, 4) is 5.75 Å². The van der Waals surface area contributed by atoms with Crippen LogP contribution >= 0.6 is 0 Å². The van der Waals surface area contributed by atoms with Crippen molar-refractivity contribution >= 4 is 23.1 Å². The van der Waals surface area contributed by atoms with E-state index >= 15 is 0 Å². The zero-order valence-corrected chi connectivity index (χ0v) is 16.4. The second kappa shape index (κ2) is 9.93. The van der Waals surface area contributed by atoms with Crippen LogP contribution in [0.5, 0.6) is 5.75 Å². The predicted molar refractivity (Wildman–Crippen MR) is 112 cm³/mol. The summed E-state index contributed by atoms with van der Waals surface area (Å²) >= 11 is 0. The summed E-state index contributed by atoms with van der Waals surface area (Å²) in [5.74, 6) is 0.705. The highest BCUT2D eigenvalue weighted by Crippen LogP contribution is 2.22. The second-order valence-corrected chi connectivity index (χ2v) is 7.15. The molecule has 0 atom stereocenters. The van der Waals surface area contributed by atoms with Gasteiger partial charge in [-0.1, -0.05) is 0 Å². The van der Waals surface area contributed by atoms with E-state index in [1.54, 1.807) is 31.4 Å². The van der Waals surface area contributed by atoms with E-state index in [9.17, 15) is 9.59 Å². The van der Waals surface area contributed by atoms with Gasteiger partial charge in [0.1, 0.15) is 5.75 Å². The van der Waals surface area contributed by atoms with Crippen molar-refractivity contribution in [1.82, 2.24) is 0 Å². The first-order chi connectivity index (χ1) is 13.7. The van der Waals surface area contributed by atoms with Crippen molar-refractivity contribution in [1.29, 1.82) is 0 Å². The predicted octanol–water partition coefficient (Wildman–Crippen LogP) is 4.68. The van der Waals surface area contributed by atoms with Gasteiger partial charge in [-0.25, -0.2) is 0 Å². The van der Waals surface area contributed by atoms with Crippen LogP contribution in [0.1, 0.15) is 48.9 Å². The number of methoxy groups -OCH3 is 1. The fourth-order valence-electron chi connectivity index (χ4n) is 3.46. The first-order valence-corrected chi connectivity index (χ1v) is 9.98. The van der Waals surface area contributed by atoms with Crippen LogP contribution in [0.2, 0.25) is 0 Å². The van der Waals surface area contributed by atoms with Crippen LogP contribution in [0.25, 0.3) is 0 Å². The van der Waals surface area contributed by atoms with E-state index < -0.39 is 0 Å². The number of piperidine rings is 1. The third-order valence-corrected chi connectivity index (χ3v) is 5.09. The maximum Gasteiger partial charge on any atom is 0.224 e. The number of amides is 1. The Morgan fingerprint density at radius 1 is 0.929 bits per heavy atom. The van der Waals surface area contributed by atoms with Crippen molar-refractivity contribution in [2.75, 3.05) is 30.4 Å². The Balaban J connectivity index is 1.41. The molecule has 3 rings (SSSR count). The zero-order valence-electron chi connectivity index (χ0n) is 16.4. The highest BCUT2D eigenvalue weighted by Gasteiger charge is 2.11. The molecule has 1 N–H and O–H groups in total. The topological polar surface area (TPSA) is 58.6 Å². The largest absolute Gasteiger partial charge is 0.497 e. The van der Waals surface area contributed by atoms with E-state index in [-0.39, 0.29) is 11.7 Å². The Kier molecular flexibility index (Phi) is 7.06. The molecule has 0 radical (unpaired) electrons. The third kappa shape index (κ3) is 5.59. The van der Waals surface area contributed by atoms with E-state index in [1.807, 2.05) is 12.1 Å². The number of hydrogen-bond donors (Lipinski definition) is 1. The first-order valence-electron chi connectivity index (χ1n) is 9.98. The molecule has 0 aromatic heterocycles. The molecular weight excluding hydrogens is 352 g/mol. The van der Waals surface area contributed by atoms with E-state index in [4.69, 9.17) is 4.74 Å². The van der Waals surface area contributed by atoms with Crippen molar-refractivity contribution in [3.63, 3.8) is 0 Å². The van der Waals surface area contributed by atoms with Gasteiger partial charge >= 0.3 is 0 Å². The van der Waals surface area contributed by atoms with Gasteiger partial charge in [-0.15, -0.1) is 0 Å². The minimum atomic E-state index is -0.0618. The number of hydrogen-bond acceptors (Lipinski definition) is 4. The summed E-state index contributed by atoms with van der Waals surface area (Å²) in [5.41, 5.74) is 2.66. The summed E-state index contributed by atoms with van der Waals surface area (Å²) in [7, 11) is 1.59. The molecule has 2 aromatic carbocycles. The molecule has 1 fully saturated rings. The van der Waals surface area contributed by atoms with E-state index in [0.717, 1.165) is 24.5 Å². The minimum absolute atomic E-state index is 0.0429. The molecule has 1 heterocycles. The monoisotopic (exact) mass is 380 g/mol. The number of benzene rings is 2. The number of carbonyl (C=O) groups is 2. The quantitative estimate of drug-likeness (QED) is 0.676. The summed E-state index contributed by atoms with van der Waals surface area (Å²) in [6, 6.07) is 15.1. The number of nitrogens with one attached hydrogen (secondary N) is 1. The van der Waals surface area contributed by atoms with Crippen LogP contribution in [0.3, 0.4) is 0 Å². The van der Waals surface area contributed by atoms with Crippen LogP contribution in [-0.4, -0.2) is 31.9 Å². The smallest absolute Gasteiger partial charge is 0.224 e.